The molecule has 0 spiro atoms. The molecule has 0 saturated heterocycles. The quantitative estimate of drug-likeness (QED) is 0.450. The summed E-state index contributed by atoms with van der Waals surface area (Å²) in [6.45, 7) is 3.17. The van der Waals surface area contributed by atoms with Crippen LogP contribution in [0, 0.1) is 10.1 Å². The van der Waals surface area contributed by atoms with Crippen molar-refractivity contribution in [1.82, 2.24) is 5.32 Å². The number of nitrogens with zero attached hydrogens (tertiary/aromatic N) is 1. The number of non-ortho nitro benzene ring substituents is 1. The maximum atomic E-state index is 10.7. The van der Waals surface area contributed by atoms with Crippen molar-refractivity contribution in [1.29, 1.82) is 0 Å². The number of phenols is 1. The molecule has 0 saturated carbocycles. The molecule has 1 aromatic rings. The van der Waals surface area contributed by atoms with Gasteiger partial charge in [-0.25, -0.2) is 0 Å². The van der Waals surface area contributed by atoms with Gasteiger partial charge in [0.15, 0.2) is 11.5 Å². The minimum atomic E-state index is -0.509. The Balaban J connectivity index is 3.00. The lowest BCUT2D eigenvalue weighted by molar-refractivity contribution is -0.385. The van der Waals surface area contributed by atoms with Crippen LogP contribution in [0.1, 0.15) is 18.9 Å². The lowest BCUT2D eigenvalue weighted by Gasteiger charge is -2.09. The standard InChI is InChI=1S/C11H16N2O4/c1-3-4-12-7-8-5-9(13(15)16)6-10(17-2)11(8)14/h5-6,12,14H,3-4,7H2,1-2H3. The van der Waals surface area contributed by atoms with Crippen molar-refractivity contribution in [3.63, 3.8) is 0 Å². The van der Waals surface area contributed by atoms with Crippen LogP contribution in [-0.2, 0) is 6.54 Å². The molecule has 6 nitrogen and oxygen atoms in total. The number of hydrogen-bond acceptors (Lipinski definition) is 5. The molecule has 94 valence electrons. The monoisotopic (exact) mass is 240 g/mol. The van der Waals surface area contributed by atoms with Crippen molar-refractivity contribution in [3.8, 4) is 11.5 Å². The van der Waals surface area contributed by atoms with Crippen LogP contribution in [0.15, 0.2) is 12.1 Å². The average molecular weight is 240 g/mol. The second-order valence-electron chi connectivity index (χ2n) is 3.59. The van der Waals surface area contributed by atoms with Gasteiger partial charge in [0.2, 0.25) is 0 Å². The third-order valence-corrected chi connectivity index (χ3v) is 2.31. The van der Waals surface area contributed by atoms with E-state index >= 15 is 0 Å². The smallest absolute Gasteiger partial charge is 0.273 e. The minimum Gasteiger partial charge on any atom is -0.504 e. The minimum absolute atomic E-state index is 0.0540. The first-order valence-electron chi connectivity index (χ1n) is 5.35. The van der Waals surface area contributed by atoms with Gasteiger partial charge in [0.05, 0.1) is 18.1 Å². The van der Waals surface area contributed by atoms with Crippen molar-refractivity contribution in [2.75, 3.05) is 13.7 Å². The highest BCUT2D eigenvalue weighted by Gasteiger charge is 2.16. The van der Waals surface area contributed by atoms with Crippen molar-refractivity contribution in [3.05, 3.63) is 27.8 Å². The summed E-state index contributed by atoms with van der Waals surface area (Å²) in [6, 6.07) is 2.55. The maximum absolute atomic E-state index is 10.7. The second kappa shape index (κ2) is 6.05. The zero-order chi connectivity index (χ0) is 12.8. The molecule has 0 heterocycles. The number of benzene rings is 1. The molecule has 17 heavy (non-hydrogen) atoms. The van der Waals surface area contributed by atoms with E-state index in [4.69, 9.17) is 4.74 Å². The number of nitro groups is 1. The van der Waals surface area contributed by atoms with Crippen molar-refractivity contribution in [2.24, 2.45) is 0 Å². The Morgan fingerprint density at radius 2 is 2.24 bits per heavy atom. The highest BCUT2D eigenvalue weighted by Crippen LogP contribution is 2.34. The van der Waals surface area contributed by atoms with Crippen LogP contribution in [0.25, 0.3) is 0 Å². The molecule has 2 N–H and O–H groups in total. The zero-order valence-electron chi connectivity index (χ0n) is 9.90. The molecule has 0 radical (unpaired) electrons. The Morgan fingerprint density at radius 1 is 1.53 bits per heavy atom. The van der Waals surface area contributed by atoms with Crippen LogP contribution in [0.3, 0.4) is 0 Å². The van der Waals surface area contributed by atoms with Gasteiger partial charge in [-0.1, -0.05) is 6.92 Å². The largest absolute Gasteiger partial charge is 0.504 e. The molecule has 0 unspecified atom stereocenters. The summed E-state index contributed by atoms with van der Waals surface area (Å²) < 4.78 is 4.90. The van der Waals surface area contributed by atoms with Gasteiger partial charge in [-0.15, -0.1) is 0 Å². The summed E-state index contributed by atoms with van der Waals surface area (Å²) in [4.78, 5) is 10.2. The van der Waals surface area contributed by atoms with Gasteiger partial charge in [-0.05, 0) is 13.0 Å². The van der Waals surface area contributed by atoms with Gasteiger partial charge in [-0.3, -0.25) is 10.1 Å². The fraction of sp³-hybridized carbons (Fsp3) is 0.455. The number of methoxy groups -OCH3 is 1. The molecule has 0 bridgehead atoms. The summed E-state index contributed by atoms with van der Waals surface area (Å²) in [6.07, 6.45) is 0.951. The Bertz CT molecular complexity index is 407. The van der Waals surface area contributed by atoms with Crippen molar-refractivity contribution >= 4 is 5.69 Å². The third-order valence-electron chi connectivity index (χ3n) is 2.31. The van der Waals surface area contributed by atoms with Crippen molar-refractivity contribution < 1.29 is 14.8 Å². The Morgan fingerprint density at radius 3 is 2.76 bits per heavy atom. The number of nitro benzene ring substituents is 1. The molecule has 0 aliphatic heterocycles. The van der Waals surface area contributed by atoms with Gasteiger partial charge >= 0.3 is 0 Å². The molecule has 0 aliphatic rings. The van der Waals surface area contributed by atoms with Crippen LogP contribution in [0.2, 0.25) is 0 Å². The predicted octanol–water partition coefficient (Wildman–Crippen LogP) is 1.81. The van der Waals surface area contributed by atoms with Gasteiger partial charge in [-0.2, -0.15) is 0 Å². The molecule has 1 rings (SSSR count). The maximum Gasteiger partial charge on any atom is 0.273 e. The highest BCUT2D eigenvalue weighted by molar-refractivity contribution is 5.53. The number of ether oxygens (including phenoxy) is 1. The van der Waals surface area contributed by atoms with E-state index in [0.29, 0.717) is 12.1 Å². The number of phenolic OH excluding ortho intramolecular Hbond substituents is 1. The molecule has 0 fully saturated rings. The summed E-state index contributed by atoms with van der Waals surface area (Å²) in [5, 5.41) is 23.6. The number of aromatic hydroxyl groups is 1. The topological polar surface area (TPSA) is 84.6 Å². The van der Waals surface area contributed by atoms with Crippen LogP contribution < -0.4 is 10.1 Å². The van der Waals surface area contributed by atoms with E-state index in [-0.39, 0.29) is 17.2 Å². The summed E-state index contributed by atoms with van der Waals surface area (Å²) in [5.74, 6) is 0.0641. The fourth-order valence-electron chi connectivity index (χ4n) is 1.45. The van der Waals surface area contributed by atoms with Crippen LogP contribution in [0.4, 0.5) is 5.69 Å². The van der Waals surface area contributed by atoms with Crippen LogP contribution >= 0.6 is 0 Å². The van der Waals surface area contributed by atoms with E-state index in [1.54, 1.807) is 0 Å². The molecule has 0 atom stereocenters. The second-order valence-corrected chi connectivity index (χ2v) is 3.59. The molecule has 0 aliphatic carbocycles. The first-order chi connectivity index (χ1) is 8.10. The van der Waals surface area contributed by atoms with Gasteiger partial charge in [0.25, 0.3) is 5.69 Å². The first kappa shape index (κ1) is 13.2. The SMILES string of the molecule is CCCNCc1cc([N+](=O)[O-])cc(OC)c1O. The molecule has 1 aromatic carbocycles. The van der Waals surface area contributed by atoms with E-state index < -0.39 is 4.92 Å². The van der Waals surface area contributed by atoms with Gasteiger partial charge in [0, 0.05) is 18.2 Å². The lowest BCUT2D eigenvalue weighted by Crippen LogP contribution is -2.14. The van der Waals surface area contributed by atoms with E-state index in [1.807, 2.05) is 6.92 Å². The molecular formula is C11H16N2O4. The highest BCUT2D eigenvalue weighted by atomic mass is 16.6. The predicted molar refractivity (Wildman–Crippen MR) is 63.3 cm³/mol. The Kier molecular flexibility index (Phi) is 4.71. The van der Waals surface area contributed by atoms with E-state index in [2.05, 4.69) is 5.32 Å². The number of nitrogens with one attached hydrogen (secondary N) is 1. The van der Waals surface area contributed by atoms with Crippen molar-refractivity contribution in [2.45, 2.75) is 19.9 Å². The Hall–Kier alpha value is -1.82. The fourth-order valence-corrected chi connectivity index (χ4v) is 1.45. The van der Waals surface area contributed by atoms with Gasteiger partial charge in [0.1, 0.15) is 0 Å². The van der Waals surface area contributed by atoms with E-state index in [1.165, 1.54) is 19.2 Å². The first-order valence-corrected chi connectivity index (χ1v) is 5.35. The third kappa shape index (κ3) is 3.32. The molecule has 0 amide bonds. The van der Waals surface area contributed by atoms with Crippen LogP contribution in [-0.4, -0.2) is 23.7 Å². The number of rotatable bonds is 6. The normalized spacial score (nSPS) is 10.2. The van der Waals surface area contributed by atoms with E-state index in [9.17, 15) is 15.2 Å². The zero-order valence-corrected chi connectivity index (χ0v) is 9.90. The van der Waals surface area contributed by atoms with Gasteiger partial charge < -0.3 is 15.2 Å². The molecular weight excluding hydrogens is 224 g/mol. The van der Waals surface area contributed by atoms with E-state index in [0.717, 1.165) is 13.0 Å². The average Bonchev–Trinajstić information content (AvgIpc) is 2.31. The summed E-state index contributed by atoms with van der Waals surface area (Å²) >= 11 is 0. The lowest BCUT2D eigenvalue weighted by atomic mass is 10.1. The summed E-state index contributed by atoms with van der Waals surface area (Å²) in [7, 11) is 1.36. The van der Waals surface area contributed by atoms with Crippen LogP contribution in [0.5, 0.6) is 11.5 Å². The summed E-state index contributed by atoms with van der Waals surface area (Å²) in [5.41, 5.74) is 0.373. The molecule has 6 heteroatoms. The molecule has 0 aromatic heterocycles. The Labute approximate surface area is 99.4 Å². The number of hydrogen-bond donors (Lipinski definition) is 2.